The van der Waals surface area contributed by atoms with E-state index in [9.17, 15) is 18.0 Å². The van der Waals surface area contributed by atoms with Crippen LogP contribution in [0.3, 0.4) is 0 Å². The number of hydrogen-bond donors (Lipinski definition) is 1. The first-order chi connectivity index (χ1) is 10.9. The fraction of sp³-hybridized carbons (Fsp3) is 0.154. The molecule has 23 heavy (non-hydrogen) atoms. The molecule has 0 spiro atoms. The first kappa shape index (κ1) is 15.8. The molecule has 0 atom stereocenters. The molecule has 0 saturated heterocycles. The van der Waals surface area contributed by atoms with Crippen LogP contribution in [-0.2, 0) is 12.7 Å². The summed E-state index contributed by atoms with van der Waals surface area (Å²) in [7, 11) is 0. The molecule has 2 heterocycles. The van der Waals surface area contributed by atoms with E-state index in [-0.39, 0.29) is 22.6 Å². The quantitative estimate of drug-likeness (QED) is 0.753. The van der Waals surface area contributed by atoms with E-state index in [0.717, 1.165) is 21.7 Å². The molecule has 0 aliphatic carbocycles. The van der Waals surface area contributed by atoms with E-state index in [4.69, 9.17) is 11.6 Å². The molecule has 0 fully saturated rings. The molecule has 0 saturated carbocycles. The van der Waals surface area contributed by atoms with Gasteiger partial charge in [-0.15, -0.1) is 16.4 Å². The van der Waals surface area contributed by atoms with Crippen LogP contribution >= 0.6 is 22.9 Å². The molecule has 3 aromatic rings. The second-order valence-corrected chi connectivity index (χ2v) is 6.00. The summed E-state index contributed by atoms with van der Waals surface area (Å²) in [5.41, 5.74) is -1.01. The van der Waals surface area contributed by atoms with Crippen LogP contribution in [0.25, 0.3) is 11.0 Å². The summed E-state index contributed by atoms with van der Waals surface area (Å²) in [5.74, 6) is 0. The molecule has 1 amide bonds. The highest BCUT2D eigenvalue weighted by Crippen LogP contribution is 2.34. The molecule has 0 aliphatic rings. The fourth-order valence-corrected chi connectivity index (χ4v) is 2.90. The van der Waals surface area contributed by atoms with Gasteiger partial charge in [0.15, 0.2) is 0 Å². The van der Waals surface area contributed by atoms with Crippen molar-refractivity contribution in [1.82, 2.24) is 20.3 Å². The Balaban J connectivity index is 1.91. The van der Waals surface area contributed by atoms with Crippen molar-refractivity contribution in [2.24, 2.45) is 0 Å². The van der Waals surface area contributed by atoms with Crippen molar-refractivity contribution in [2.75, 3.05) is 0 Å². The summed E-state index contributed by atoms with van der Waals surface area (Å²) in [6, 6.07) is 4.61. The average molecular weight is 361 g/mol. The van der Waals surface area contributed by atoms with Crippen LogP contribution in [0.2, 0.25) is 5.02 Å². The van der Waals surface area contributed by atoms with Crippen LogP contribution in [0.4, 0.5) is 18.0 Å². The summed E-state index contributed by atoms with van der Waals surface area (Å²) < 4.78 is 39.1. The van der Waals surface area contributed by atoms with Crippen molar-refractivity contribution < 1.29 is 18.0 Å². The van der Waals surface area contributed by atoms with Gasteiger partial charge in [0.05, 0.1) is 17.1 Å². The second kappa shape index (κ2) is 5.82. The van der Waals surface area contributed by atoms with E-state index in [0.29, 0.717) is 0 Å². The first-order valence-corrected chi connectivity index (χ1v) is 7.55. The highest BCUT2D eigenvalue weighted by Gasteiger charge is 2.32. The van der Waals surface area contributed by atoms with E-state index < -0.39 is 17.8 Å². The third kappa shape index (κ3) is 3.15. The Morgan fingerprint density at radius 1 is 1.39 bits per heavy atom. The Bertz CT molecular complexity index is 860. The molecule has 1 N–H and O–H groups in total. The van der Waals surface area contributed by atoms with Crippen LogP contribution in [0.1, 0.15) is 10.4 Å². The summed E-state index contributed by atoms with van der Waals surface area (Å²) in [4.78, 5) is 13.0. The molecule has 1 aromatic carbocycles. The largest absolute Gasteiger partial charge is 0.416 e. The normalized spacial score (nSPS) is 11.8. The van der Waals surface area contributed by atoms with Gasteiger partial charge in [0.1, 0.15) is 11.0 Å². The van der Waals surface area contributed by atoms with Gasteiger partial charge >= 0.3 is 12.2 Å². The minimum atomic E-state index is -4.55. The van der Waals surface area contributed by atoms with Gasteiger partial charge in [0.2, 0.25) is 0 Å². The SMILES string of the molecule is O=C(NCc1cccs1)n1nnc2cc(C(F)(F)F)cc(Cl)c21. The number of amides is 1. The zero-order valence-electron chi connectivity index (χ0n) is 11.3. The van der Waals surface area contributed by atoms with Crippen molar-refractivity contribution >= 4 is 40.0 Å². The monoisotopic (exact) mass is 360 g/mol. The molecular weight excluding hydrogens is 353 g/mol. The standard InChI is InChI=1S/C13H8ClF3N4OS/c14-9-4-7(13(15,16)17)5-10-11(9)21(20-19-10)12(22)18-6-8-2-1-3-23-8/h1-5H,6H2,(H,18,22). The number of thiophene rings is 1. The van der Waals surface area contributed by atoms with Crippen LogP contribution in [0, 0.1) is 0 Å². The van der Waals surface area contributed by atoms with Gasteiger partial charge in [0, 0.05) is 4.88 Å². The van der Waals surface area contributed by atoms with Crippen molar-refractivity contribution in [3.05, 3.63) is 45.1 Å². The van der Waals surface area contributed by atoms with E-state index >= 15 is 0 Å². The number of carbonyl (C=O) groups is 1. The number of halogens is 4. The highest BCUT2D eigenvalue weighted by atomic mass is 35.5. The van der Waals surface area contributed by atoms with Crippen LogP contribution in [-0.4, -0.2) is 21.0 Å². The van der Waals surface area contributed by atoms with Crippen molar-refractivity contribution in [3.63, 3.8) is 0 Å². The molecule has 2 aromatic heterocycles. The molecule has 0 aliphatic heterocycles. The Labute approximate surface area is 136 Å². The molecule has 0 unspecified atom stereocenters. The lowest BCUT2D eigenvalue weighted by molar-refractivity contribution is -0.137. The van der Waals surface area contributed by atoms with Gasteiger partial charge in [-0.1, -0.05) is 22.9 Å². The van der Waals surface area contributed by atoms with Crippen LogP contribution in [0.5, 0.6) is 0 Å². The van der Waals surface area contributed by atoms with E-state index in [2.05, 4.69) is 15.6 Å². The number of alkyl halides is 3. The van der Waals surface area contributed by atoms with E-state index in [1.165, 1.54) is 11.3 Å². The number of rotatable bonds is 2. The number of hydrogen-bond acceptors (Lipinski definition) is 4. The van der Waals surface area contributed by atoms with Crippen molar-refractivity contribution in [3.8, 4) is 0 Å². The topological polar surface area (TPSA) is 59.8 Å². The Morgan fingerprint density at radius 2 is 2.17 bits per heavy atom. The number of fused-ring (bicyclic) bond motifs is 1. The minimum Gasteiger partial charge on any atom is -0.331 e. The summed E-state index contributed by atoms with van der Waals surface area (Å²) in [5, 5.41) is 11.4. The van der Waals surface area contributed by atoms with Gasteiger partial charge in [-0.25, -0.2) is 4.79 Å². The number of aromatic nitrogens is 3. The number of nitrogens with zero attached hydrogens (tertiary/aromatic N) is 3. The molecular formula is C13H8ClF3N4OS. The van der Waals surface area contributed by atoms with Crippen molar-refractivity contribution in [2.45, 2.75) is 12.7 Å². The molecule has 0 bridgehead atoms. The molecule has 0 radical (unpaired) electrons. The lowest BCUT2D eigenvalue weighted by atomic mass is 10.2. The third-order valence-corrected chi connectivity index (χ3v) is 4.18. The van der Waals surface area contributed by atoms with Gasteiger partial charge < -0.3 is 5.32 Å². The summed E-state index contributed by atoms with van der Waals surface area (Å²) in [6.45, 7) is 0.274. The number of nitrogens with one attached hydrogen (secondary N) is 1. The van der Waals surface area contributed by atoms with E-state index in [1.807, 2.05) is 17.5 Å². The smallest absolute Gasteiger partial charge is 0.331 e. The molecule has 3 rings (SSSR count). The summed E-state index contributed by atoms with van der Waals surface area (Å²) in [6.07, 6.45) is -4.55. The zero-order chi connectivity index (χ0) is 16.6. The minimum absolute atomic E-state index is 0.0309. The highest BCUT2D eigenvalue weighted by molar-refractivity contribution is 7.09. The fourth-order valence-electron chi connectivity index (χ4n) is 1.96. The van der Waals surface area contributed by atoms with Gasteiger partial charge in [-0.3, -0.25) is 0 Å². The molecule has 5 nitrogen and oxygen atoms in total. The molecule has 120 valence electrons. The third-order valence-electron chi connectivity index (χ3n) is 3.01. The number of benzene rings is 1. The Morgan fingerprint density at radius 3 is 2.83 bits per heavy atom. The Hall–Kier alpha value is -2.13. The van der Waals surface area contributed by atoms with E-state index in [1.54, 1.807) is 0 Å². The Kier molecular flexibility index (Phi) is 3.99. The second-order valence-electron chi connectivity index (χ2n) is 4.56. The maximum absolute atomic E-state index is 12.7. The predicted molar refractivity (Wildman–Crippen MR) is 79.5 cm³/mol. The maximum atomic E-state index is 12.7. The predicted octanol–water partition coefficient (Wildman–Crippen LogP) is 3.92. The lowest BCUT2D eigenvalue weighted by Gasteiger charge is -2.08. The van der Waals surface area contributed by atoms with Gasteiger partial charge in [0.25, 0.3) is 0 Å². The van der Waals surface area contributed by atoms with Crippen LogP contribution in [0.15, 0.2) is 29.6 Å². The lowest BCUT2D eigenvalue weighted by Crippen LogP contribution is -2.28. The van der Waals surface area contributed by atoms with Crippen LogP contribution < -0.4 is 5.32 Å². The van der Waals surface area contributed by atoms with Gasteiger partial charge in [-0.05, 0) is 23.6 Å². The van der Waals surface area contributed by atoms with Gasteiger partial charge in [-0.2, -0.15) is 17.9 Å². The zero-order valence-corrected chi connectivity index (χ0v) is 12.8. The molecule has 10 heteroatoms. The maximum Gasteiger partial charge on any atom is 0.416 e. The number of carbonyl (C=O) groups excluding carboxylic acids is 1. The first-order valence-electron chi connectivity index (χ1n) is 6.29. The van der Waals surface area contributed by atoms with Crippen molar-refractivity contribution in [1.29, 1.82) is 0 Å². The average Bonchev–Trinajstić information content (AvgIpc) is 3.13. The summed E-state index contributed by atoms with van der Waals surface area (Å²) >= 11 is 7.34.